The summed E-state index contributed by atoms with van der Waals surface area (Å²) < 4.78 is 5.67. The highest BCUT2D eigenvalue weighted by Crippen LogP contribution is 2.29. The van der Waals surface area contributed by atoms with Crippen molar-refractivity contribution in [2.24, 2.45) is 5.92 Å². The second-order valence-corrected chi connectivity index (χ2v) is 6.24. The first-order chi connectivity index (χ1) is 10.9. The van der Waals surface area contributed by atoms with Crippen LogP contribution in [-0.2, 0) is 4.89 Å². The first kappa shape index (κ1) is 17.1. The van der Waals surface area contributed by atoms with Gasteiger partial charge in [0, 0.05) is 5.92 Å². The van der Waals surface area contributed by atoms with Crippen LogP contribution in [0.2, 0.25) is 0 Å². The summed E-state index contributed by atoms with van der Waals surface area (Å²) in [5.74, 6) is 1.48. The van der Waals surface area contributed by atoms with Crippen molar-refractivity contribution in [3.05, 3.63) is 36.7 Å². The van der Waals surface area contributed by atoms with Gasteiger partial charge >= 0.3 is 6.09 Å². The quantitative estimate of drug-likeness (QED) is 0.474. The molecule has 23 heavy (non-hydrogen) atoms. The third kappa shape index (κ3) is 3.76. The minimum absolute atomic E-state index is 0.00744. The number of benzene rings is 1. The molecule has 0 saturated carbocycles. The lowest BCUT2D eigenvalue weighted by Crippen LogP contribution is -2.53. The first-order valence-electron chi connectivity index (χ1n) is 7.72. The zero-order valence-corrected chi connectivity index (χ0v) is 14.4. The second-order valence-electron chi connectivity index (χ2n) is 6.24. The number of methoxy groups -OCH3 is 1. The Morgan fingerprint density at radius 3 is 2.43 bits per heavy atom. The predicted molar refractivity (Wildman–Crippen MR) is 86.4 cm³/mol. The van der Waals surface area contributed by atoms with Crippen LogP contribution in [0.4, 0.5) is 4.79 Å². The molecule has 1 amide bonds. The molecule has 0 N–H and O–H groups in total. The van der Waals surface area contributed by atoms with Crippen LogP contribution in [-0.4, -0.2) is 42.8 Å². The molecule has 0 bridgehead atoms. The Kier molecular flexibility index (Phi) is 5.15. The molecule has 1 aromatic carbocycles. The van der Waals surface area contributed by atoms with Crippen molar-refractivity contribution in [1.29, 1.82) is 0 Å². The maximum atomic E-state index is 12.4. The average molecular weight is 321 g/mol. The molecule has 6 heteroatoms. The van der Waals surface area contributed by atoms with Crippen LogP contribution >= 0.6 is 0 Å². The maximum Gasteiger partial charge on any atom is 0.461 e. The van der Waals surface area contributed by atoms with E-state index in [-0.39, 0.29) is 6.17 Å². The van der Waals surface area contributed by atoms with E-state index in [9.17, 15) is 4.79 Å². The Balaban J connectivity index is 2.00. The van der Waals surface area contributed by atoms with E-state index in [0.717, 1.165) is 6.42 Å². The van der Waals surface area contributed by atoms with E-state index in [1.165, 1.54) is 0 Å². The summed E-state index contributed by atoms with van der Waals surface area (Å²) in [6.45, 7) is 4.24. The van der Waals surface area contributed by atoms with Gasteiger partial charge in [-0.1, -0.05) is 13.8 Å². The Labute approximate surface area is 137 Å². The van der Waals surface area contributed by atoms with Crippen LogP contribution in [0.15, 0.2) is 36.7 Å². The molecule has 0 aromatic heterocycles. The van der Waals surface area contributed by atoms with Crippen molar-refractivity contribution in [3.8, 4) is 11.5 Å². The Morgan fingerprint density at radius 2 is 1.87 bits per heavy atom. The molecule has 0 fully saturated rings. The summed E-state index contributed by atoms with van der Waals surface area (Å²) in [5.41, 5.74) is 0. The first-order valence-corrected chi connectivity index (χ1v) is 7.72. The smallest absolute Gasteiger partial charge is 0.461 e. The van der Waals surface area contributed by atoms with Crippen LogP contribution in [0.25, 0.3) is 0 Å². The number of quaternary nitrogens is 1. The number of rotatable bonds is 5. The van der Waals surface area contributed by atoms with E-state index in [1.807, 2.05) is 6.20 Å². The van der Waals surface area contributed by atoms with E-state index in [4.69, 9.17) is 14.5 Å². The molecule has 0 aliphatic carbocycles. The van der Waals surface area contributed by atoms with Crippen LogP contribution in [0, 0.1) is 5.92 Å². The largest absolute Gasteiger partial charge is 0.497 e. The van der Waals surface area contributed by atoms with E-state index in [2.05, 4.69) is 27.9 Å². The lowest BCUT2D eigenvalue weighted by atomic mass is 10.0. The second kappa shape index (κ2) is 6.91. The highest BCUT2D eigenvalue weighted by Gasteiger charge is 2.44. The lowest BCUT2D eigenvalue weighted by Gasteiger charge is -2.36. The van der Waals surface area contributed by atoms with Gasteiger partial charge in [0.2, 0.25) is 0 Å². The summed E-state index contributed by atoms with van der Waals surface area (Å²) in [7, 11) is 5.71. The molecule has 0 radical (unpaired) electrons. The Bertz CT molecular complexity index is 568. The summed E-state index contributed by atoms with van der Waals surface area (Å²) >= 11 is 0. The van der Waals surface area contributed by atoms with Gasteiger partial charge in [0.25, 0.3) is 0 Å². The predicted octanol–water partition coefficient (Wildman–Crippen LogP) is 3.36. The molecule has 2 rings (SSSR count). The molecule has 1 aliphatic heterocycles. The summed E-state index contributed by atoms with van der Waals surface area (Å²) in [4.78, 5) is 24.1. The van der Waals surface area contributed by atoms with Crippen LogP contribution in [0.1, 0.15) is 20.3 Å². The van der Waals surface area contributed by atoms with Crippen LogP contribution < -0.4 is 9.62 Å². The maximum absolute atomic E-state index is 12.4. The zero-order valence-electron chi connectivity index (χ0n) is 14.4. The van der Waals surface area contributed by atoms with Crippen molar-refractivity contribution in [1.82, 2.24) is 4.90 Å². The summed E-state index contributed by atoms with van der Waals surface area (Å²) in [6, 6.07) is 6.83. The molecular formula is C17H25N2O4+. The minimum atomic E-state index is -0.522. The number of ether oxygens (including phenoxy) is 1. The highest BCUT2D eigenvalue weighted by molar-refractivity contribution is 5.69. The van der Waals surface area contributed by atoms with Crippen molar-refractivity contribution in [3.63, 3.8) is 0 Å². The van der Waals surface area contributed by atoms with Gasteiger partial charge in [-0.3, -0.25) is 9.37 Å². The van der Waals surface area contributed by atoms with Crippen LogP contribution in [0.3, 0.4) is 0 Å². The van der Waals surface area contributed by atoms with Crippen LogP contribution in [0.5, 0.6) is 11.5 Å². The Hall–Kier alpha value is -2.21. The SMILES string of the molecule is CCC(C)C1N(C(=O)OOc2ccc(OC)cc2)C=C[N+]1(C)C. The standard InChI is InChI=1S/C17H25N2O4/c1-6-13(2)16-18(11-12-19(16,3)4)17(20)23-22-15-9-7-14(21-5)8-10-15/h7-13,16H,6H2,1-5H3/q+1. The van der Waals surface area contributed by atoms with Gasteiger partial charge in [-0.2, -0.15) is 0 Å². The number of amides is 1. The molecule has 0 saturated heterocycles. The monoisotopic (exact) mass is 321 g/mol. The molecule has 1 aromatic rings. The molecule has 2 unspecified atom stereocenters. The molecule has 2 atom stereocenters. The number of hydrogen-bond donors (Lipinski definition) is 0. The van der Waals surface area contributed by atoms with Gasteiger partial charge in [0.1, 0.15) is 11.9 Å². The topological polar surface area (TPSA) is 48.0 Å². The highest BCUT2D eigenvalue weighted by atomic mass is 17.2. The number of carbonyl (C=O) groups excluding carboxylic acids is 1. The minimum Gasteiger partial charge on any atom is -0.497 e. The lowest BCUT2D eigenvalue weighted by molar-refractivity contribution is -0.872. The zero-order chi connectivity index (χ0) is 17.0. The fourth-order valence-corrected chi connectivity index (χ4v) is 2.81. The number of carbonyl (C=O) groups is 1. The molecular weight excluding hydrogens is 296 g/mol. The average Bonchev–Trinajstić information content (AvgIpc) is 2.87. The van der Waals surface area contributed by atoms with Gasteiger partial charge in [-0.25, -0.2) is 14.6 Å². The summed E-state index contributed by atoms with van der Waals surface area (Å²) in [5, 5.41) is 0. The molecule has 0 spiro atoms. The van der Waals surface area contributed by atoms with E-state index in [0.29, 0.717) is 21.9 Å². The van der Waals surface area contributed by atoms with Crippen molar-refractivity contribution < 1.29 is 23.8 Å². The fraction of sp³-hybridized carbons (Fsp3) is 0.471. The third-order valence-electron chi connectivity index (χ3n) is 4.21. The van der Waals surface area contributed by atoms with Gasteiger partial charge in [0.05, 0.1) is 27.4 Å². The normalized spacial score (nSPS) is 20.2. The van der Waals surface area contributed by atoms with E-state index >= 15 is 0 Å². The number of nitrogens with zero attached hydrogens (tertiary/aromatic N) is 2. The van der Waals surface area contributed by atoms with E-state index < -0.39 is 6.09 Å². The van der Waals surface area contributed by atoms with E-state index in [1.54, 1.807) is 42.5 Å². The third-order valence-corrected chi connectivity index (χ3v) is 4.21. The molecule has 1 aliphatic rings. The molecule has 6 nitrogen and oxygen atoms in total. The Morgan fingerprint density at radius 1 is 1.26 bits per heavy atom. The summed E-state index contributed by atoms with van der Waals surface area (Å²) in [6.07, 6.45) is 4.18. The van der Waals surface area contributed by atoms with Gasteiger partial charge in [0.15, 0.2) is 11.9 Å². The number of hydrogen-bond acceptors (Lipinski definition) is 4. The van der Waals surface area contributed by atoms with Crippen molar-refractivity contribution in [2.75, 3.05) is 21.2 Å². The van der Waals surface area contributed by atoms with Crippen molar-refractivity contribution >= 4 is 6.09 Å². The fourth-order valence-electron chi connectivity index (χ4n) is 2.81. The van der Waals surface area contributed by atoms with Gasteiger partial charge in [-0.05, 0) is 30.7 Å². The molecule has 1 heterocycles. The van der Waals surface area contributed by atoms with Gasteiger partial charge in [-0.15, -0.1) is 0 Å². The van der Waals surface area contributed by atoms with Gasteiger partial charge < -0.3 is 4.74 Å². The molecule has 126 valence electrons. The van der Waals surface area contributed by atoms with Crippen molar-refractivity contribution in [2.45, 2.75) is 26.4 Å².